The van der Waals surface area contributed by atoms with Gasteiger partial charge in [0.05, 0.1) is 18.3 Å². The summed E-state index contributed by atoms with van der Waals surface area (Å²) in [5.41, 5.74) is -2.98. The highest BCUT2D eigenvalue weighted by Gasteiger charge is 2.67. The minimum absolute atomic E-state index is 0.0276. The first-order valence-corrected chi connectivity index (χ1v) is 13.7. The normalized spacial score (nSPS) is 46.5. The zero-order valence-corrected chi connectivity index (χ0v) is 23.9. The number of ether oxygens (including phenoxy) is 3. The van der Waals surface area contributed by atoms with E-state index in [1.165, 1.54) is 0 Å². The Hall–Kier alpha value is -1.39. The lowest BCUT2D eigenvalue weighted by molar-refractivity contribution is -0.278. The number of rotatable bonds is 5. The molecule has 2 saturated heterocycles. The Morgan fingerprint density at radius 2 is 1.73 bits per heavy atom. The third kappa shape index (κ3) is 5.26. The largest absolute Gasteiger partial charge is 0.455 e. The van der Waals surface area contributed by atoms with Crippen LogP contribution < -0.4 is 0 Å². The van der Waals surface area contributed by atoms with Crippen molar-refractivity contribution in [3.8, 4) is 0 Å². The van der Waals surface area contributed by atoms with Gasteiger partial charge in [0.15, 0.2) is 12.1 Å². The van der Waals surface area contributed by atoms with Crippen molar-refractivity contribution in [3.05, 3.63) is 0 Å². The third-order valence-corrected chi connectivity index (χ3v) is 9.40. The van der Waals surface area contributed by atoms with Crippen LogP contribution in [-0.4, -0.2) is 89.1 Å². The van der Waals surface area contributed by atoms with E-state index in [1.54, 1.807) is 27.7 Å². The molecule has 3 rings (SSSR count). The summed E-state index contributed by atoms with van der Waals surface area (Å²) < 4.78 is 18.2. The van der Waals surface area contributed by atoms with Crippen molar-refractivity contribution in [2.45, 2.75) is 116 Å². The van der Waals surface area contributed by atoms with Crippen LogP contribution in [0.5, 0.6) is 0 Å². The Morgan fingerprint density at radius 1 is 1.11 bits per heavy atom. The van der Waals surface area contributed by atoms with Gasteiger partial charge in [-0.1, -0.05) is 27.7 Å². The predicted octanol–water partition coefficient (Wildman–Crippen LogP) is 2.35. The van der Waals surface area contributed by atoms with E-state index in [0.717, 1.165) is 0 Å². The molecular weight excluding hydrogens is 478 g/mol. The van der Waals surface area contributed by atoms with Crippen molar-refractivity contribution >= 4 is 17.5 Å². The van der Waals surface area contributed by atoms with E-state index in [9.17, 15) is 24.6 Å². The molecule has 1 saturated carbocycles. The van der Waals surface area contributed by atoms with E-state index in [2.05, 4.69) is 0 Å². The second-order valence-electron chi connectivity index (χ2n) is 12.4. The lowest BCUT2D eigenvalue weighted by Crippen LogP contribution is -2.57. The van der Waals surface area contributed by atoms with Gasteiger partial charge in [0, 0.05) is 30.2 Å². The van der Waals surface area contributed by atoms with E-state index in [0.29, 0.717) is 19.3 Å². The smallest absolute Gasteiger partial charge is 0.320 e. The van der Waals surface area contributed by atoms with Crippen molar-refractivity contribution in [2.75, 3.05) is 14.1 Å². The number of likely N-dealkylation sites (N-methyl/N-ethyl adjacent to an activating group) is 1. The van der Waals surface area contributed by atoms with E-state index in [4.69, 9.17) is 14.2 Å². The molecule has 0 aromatic rings. The van der Waals surface area contributed by atoms with E-state index < -0.39 is 53.4 Å². The number of fused-ring (bicyclic) bond motifs is 1. The fourth-order valence-corrected chi connectivity index (χ4v) is 6.88. The quantitative estimate of drug-likeness (QED) is 0.411. The summed E-state index contributed by atoms with van der Waals surface area (Å²) in [4.78, 5) is 42.9. The molecule has 0 unspecified atom stereocenters. The minimum Gasteiger partial charge on any atom is -0.455 e. The lowest BCUT2D eigenvalue weighted by Gasteiger charge is -2.45. The Bertz CT molecular complexity index is 878. The summed E-state index contributed by atoms with van der Waals surface area (Å²) in [6.07, 6.45) is -2.38. The number of ketones is 2. The van der Waals surface area contributed by atoms with Gasteiger partial charge >= 0.3 is 5.97 Å². The first-order valence-electron chi connectivity index (χ1n) is 13.7. The monoisotopic (exact) mass is 525 g/mol. The van der Waals surface area contributed by atoms with Gasteiger partial charge in [0.25, 0.3) is 0 Å². The number of carbonyl (C=O) groups is 3. The number of aliphatic hydroxyl groups is 2. The Labute approximate surface area is 221 Å². The lowest BCUT2D eigenvalue weighted by atomic mass is 9.61. The van der Waals surface area contributed by atoms with Crippen molar-refractivity contribution in [1.82, 2.24) is 4.90 Å². The molecule has 9 nitrogen and oxygen atoms in total. The summed E-state index contributed by atoms with van der Waals surface area (Å²) >= 11 is 0. The van der Waals surface area contributed by atoms with Crippen molar-refractivity contribution in [2.24, 2.45) is 29.1 Å². The third-order valence-electron chi connectivity index (χ3n) is 9.40. The summed E-state index contributed by atoms with van der Waals surface area (Å²) in [5.74, 6) is -3.31. The second-order valence-corrected chi connectivity index (χ2v) is 12.4. The summed E-state index contributed by atoms with van der Waals surface area (Å²) in [6, 6.07) is -0.182. The van der Waals surface area contributed by atoms with Crippen LogP contribution >= 0.6 is 0 Å². The molecule has 12 atom stereocenters. The SMILES string of the molecule is CC[C@H](O)[C@]1(C)OC(=O)[C@]2(C)C(=O)[C@H](C)[C@H](O[C@@H]3O[C@H](C)C[C@H](N(C)C)[C@@H]3O)[C@H](C)C[C@H](C)C(=O)C[C@H]21. The van der Waals surface area contributed by atoms with Gasteiger partial charge in [-0.3, -0.25) is 14.4 Å². The summed E-state index contributed by atoms with van der Waals surface area (Å²) in [7, 11) is 3.78. The molecule has 37 heavy (non-hydrogen) atoms. The van der Waals surface area contributed by atoms with Gasteiger partial charge in [0.1, 0.15) is 22.9 Å². The highest BCUT2D eigenvalue weighted by atomic mass is 16.7. The van der Waals surface area contributed by atoms with Crippen LogP contribution in [0.25, 0.3) is 0 Å². The molecule has 0 radical (unpaired) electrons. The Balaban J connectivity index is 2.03. The topological polar surface area (TPSA) is 123 Å². The van der Waals surface area contributed by atoms with Crippen LogP contribution in [0.2, 0.25) is 0 Å². The van der Waals surface area contributed by atoms with E-state index in [-0.39, 0.29) is 42.0 Å². The molecule has 2 N–H and O–H groups in total. The standard InChI is InChI=1S/C28H47NO8/c1-10-21(31)28(7)20-13-19(30)14(2)11-15(3)23(17(5)24(33)27(20,6)26(34)37-28)36-25-22(32)18(29(8)9)12-16(4)35-25/h14-18,20-23,25,31-32H,10-13H2,1-9H3/t14-,15+,16+,17+,18-,20+,21-,22-,23+,25-,27-,28+/m0/s1. The molecule has 9 heteroatoms. The number of esters is 1. The molecule has 3 aliphatic rings. The number of Topliss-reactive ketones (excluding diaryl/α,β-unsaturated/α-hetero) is 2. The second kappa shape index (κ2) is 11.0. The van der Waals surface area contributed by atoms with Gasteiger partial charge < -0.3 is 29.3 Å². The maximum absolute atomic E-state index is 14.2. The number of nitrogens with zero attached hydrogens (tertiary/aromatic N) is 1. The van der Waals surface area contributed by atoms with Crippen LogP contribution in [-0.2, 0) is 28.6 Å². The molecule has 0 aromatic carbocycles. The van der Waals surface area contributed by atoms with Gasteiger partial charge in [-0.2, -0.15) is 0 Å². The predicted molar refractivity (Wildman–Crippen MR) is 136 cm³/mol. The van der Waals surface area contributed by atoms with Gasteiger partial charge in [-0.25, -0.2) is 0 Å². The Kier molecular flexibility index (Phi) is 8.97. The fourth-order valence-electron chi connectivity index (χ4n) is 6.88. The first-order chi connectivity index (χ1) is 17.1. The molecule has 0 amide bonds. The molecule has 3 fully saturated rings. The summed E-state index contributed by atoms with van der Waals surface area (Å²) in [5, 5.41) is 21.9. The number of hydrogen-bond acceptors (Lipinski definition) is 9. The van der Waals surface area contributed by atoms with Crippen molar-refractivity contribution < 1.29 is 38.8 Å². The average Bonchev–Trinajstić information content (AvgIpc) is 3.03. The van der Waals surface area contributed by atoms with E-state index in [1.807, 2.05) is 39.8 Å². The zero-order chi connectivity index (χ0) is 28.0. The average molecular weight is 526 g/mol. The summed E-state index contributed by atoms with van der Waals surface area (Å²) in [6.45, 7) is 12.4. The number of cyclic esters (lactones) is 1. The fraction of sp³-hybridized carbons (Fsp3) is 0.893. The van der Waals surface area contributed by atoms with E-state index >= 15 is 0 Å². The maximum atomic E-state index is 14.2. The van der Waals surface area contributed by atoms with Crippen molar-refractivity contribution in [1.29, 1.82) is 0 Å². The number of hydrogen-bond donors (Lipinski definition) is 2. The van der Waals surface area contributed by atoms with Crippen LogP contribution in [0.15, 0.2) is 0 Å². The molecule has 212 valence electrons. The maximum Gasteiger partial charge on any atom is 0.320 e. The van der Waals surface area contributed by atoms with Gasteiger partial charge in [-0.05, 0) is 60.0 Å². The minimum atomic E-state index is -1.62. The molecule has 0 bridgehead atoms. The van der Waals surface area contributed by atoms with Crippen LogP contribution in [0.1, 0.15) is 74.1 Å². The highest BCUT2D eigenvalue weighted by Crippen LogP contribution is 2.53. The number of aliphatic hydroxyl groups excluding tert-OH is 2. The Morgan fingerprint density at radius 3 is 2.30 bits per heavy atom. The molecule has 2 heterocycles. The zero-order valence-electron chi connectivity index (χ0n) is 23.9. The molecule has 0 spiro atoms. The molecule has 1 aliphatic carbocycles. The van der Waals surface area contributed by atoms with Gasteiger partial charge in [0.2, 0.25) is 0 Å². The molecule has 2 aliphatic heterocycles. The van der Waals surface area contributed by atoms with Crippen LogP contribution in [0.4, 0.5) is 0 Å². The van der Waals surface area contributed by atoms with Crippen LogP contribution in [0, 0.1) is 29.1 Å². The highest BCUT2D eigenvalue weighted by molar-refractivity contribution is 6.07. The van der Waals surface area contributed by atoms with Crippen molar-refractivity contribution in [3.63, 3.8) is 0 Å². The number of carbonyl (C=O) groups excluding carboxylic acids is 3. The molecular formula is C28H47NO8. The van der Waals surface area contributed by atoms with Crippen LogP contribution in [0.3, 0.4) is 0 Å². The van der Waals surface area contributed by atoms with Gasteiger partial charge in [-0.15, -0.1) is 0 Å². The molecule has 0 aromatic heterocycles. The first kappa shape index (κ1) is 30.2.